The number of rotatable bonds is 14. The third-order valence-corrected chi connectivity index (χ3v) is 11.7. The van der Waals surface area contributed by atoms with E-state index in [1.807, 2.05) is 48.5 Å². The topological polar surface area (TPSA) is 164 Å². The maximum atomic E-state index is 13.7. The Bertz CT molecular complexity index is 2390. The second-order valence-corrected chi connectivity index (χ2v) is 15.7. The predicted octanol–water partition coefficient (Wildman–Crippen LogP) is 5.84. The normalized spacial score (nSPS) is 15.2. The number of carbonyl (C=O) groups excluding carboxylic acids is 2. The Hall–Kier alpha value is -5.63. The molecule has 0 radical (unpaired) electrons. The fourth-order valence-corrected chi connectivity index (χ4v) is 8.13. The molecule has 1 fully saturated rings. The van der Waals surface area contributed by atoms with E-state index in [1.165, 1.54) is 23.5 Å². The molecule has 7 rings (SSSR count). The fourth-order valence-electron chi connectivity index (χ4n) is 7.19. The second kappa shape index (κ2) is 17.7. The molecule has 11 nitrogen and oxygen atoms in total. The number of H-pyrrole nitrogens is 1. The van der Waals surface area contributed by atoms with Crippen molar-refractivity contribution in [2.75, 3.05) is 33.3 Å². The monoisotopic (exact) mass is 786 g/mol. The van der Waals surface area contributed by atoms with E-state index in [0.717, 1.165) is 46.8 Å². The molecule has 294 valence electrons. The highest BCUT2D eigenvalue weighted by Crippen LogP contribution is 2.36. The van der Waals surface area contributed by atoms with Crippen LogP contribution in [0.25, 0.3) is 21.3 Å². The van der Waals surface area contributed by atoms with Crippen LogP contribution in [0.1, 0.15) is 56.4 Å². The number of pyridine rings is 1. The average Bonchev–Trinajstić information content (AvgIpc) is 3.72. The highest BCUT2D eigenvalue weighted by Gasteiger charge is 2.42. The Morgan fingerprint density at radius 2 is 1.67 bits per heavy atom. The third-order valence-electron chi connectivity index (χ3n) is 10.6. The van der Waals surface area contributed by atoms with Gasteiger partial charge in [-0.1, -0.05) is 66.7 Å². The molecule has 6 aromatic rings. The van der Waals surface area contributed by atoms with Crippen molar-refractivity contribution < 1.29 is 29.6 Å². The molecule has 57 heavy (non-hydrogen) atoms. The van der Waals surface area contributed by atoms with Gasteiger partial charge in [-0.15, -0.1) is 11.3 Å². The van der Waals surface area contributed by atoms with Crippen LogP contribution in [-0.2, 0) is 28.2 Å². The summed E-state index contributed by atoms with van der Waals surface area (Å²) in [5.41, 5.74) is 1.65. The number of ether oxygens (including phenoxy) is 1. The molecule has 0 saturated carbocycles. The van der Waals surface area contributed by atoms with Gasteiger partial charge >= 0.3 is 5.97 Å². The first-order chi connectivity index (χ1) is 27.6. The van der Waals surface area contributed by atoms with Crippen molar-refractivity contribution in [2.45, 2.75) is 37.6 Å². The number of aromatic amines is 1. The van der Waals surface area contributed by atoms with E-state index in [9.17, 15) is 29.7 Å². The summed E-state index contributed by atoms with van der Waals surface area (Å²) in [6, 6.07) is 33.4. The van der Waals surface area contributed by atoms with E-state index in [4.69, 9.17) is 4.74 Å². The Kier molecular flexibility index (Phi) is 12.3. The number of thiophene rings is 1. The van der Waals surface area contributed by atoms with Crippen LogP contribution in [0.5, 0.6) is 5.75 Å². The lowest BCUT2D eigenvalue weighted by Crippen LogP contribution is -2.40. The van der Waals surface area contributed by atoms with Gasteiger partial charge in [0.05, 0.1) is 24.8 Å². The van der Waals surface area contributed by atoms with Gasteiger partial charge in [0, 0.05) is 45.4 Å². The quantitative estimate of drug-likeness (QED) is 0.0746. The first-order valence-corrected chi connectivity index (χ1v) is 19.8. The number of nitrogens with zero attached hydrogens (tertiary/aromatic N) is 1. The van der Waals surface area contributed by atoms with Gasteiger partial charge in [-0.2, -0.15) is 0 Å². The summed E-state index contributed by atoms with van der Waals surface area (Å²) in [7, 11) is 2.09. The van der Waals surface area contributed by atoms with Crippen molar-refractivity contribution in [1.82, 2.24) is 20.5 Å². The summed E-state index contributed by atoms with van der Waals surface area (Å²) in [5.74, 6) is -0.717. The first kappa shape index (κ1) is 39.6. The molecule has 0 bridgehead atoms. The number of fused-ring (bicyclic) bond motifs is 1. The summed E-state index contributed by atoms with van der Waals surface area (Å²) in [6.45, 7) is 3.17. The summed E-state index contributed by atoms with van der Waals surface area (Å²) < 4.78 is 5.82. The highest BCUT2D eigenvalue weighted by molar-refractivity contribution is 7.15. The molecule has 0 aliphatic carbocycles. The number of phenols is 1. The largest absolute Gasteiger partial charge is 0.506 e. The lowest BCUT2D eigenvalue weighted by Gasteiger charge is -2.31. The lowest BCUT2D eigenvalue weighted by atomic mass is 9.85. The van der Waals surface area contributed by atoms with Crippen LogP contribution in [0.2, 0.25) is 0 Å². The summed E-state index contributed by atoms with van der Waals surface area (Å²) in [4.78, 5) is 45.3. The number of aromatic nitrogens is 1. The zero-order chi connectivity index (χ0) is 39.9. The van der Waals surface area contributed by atoms with Gasteiger partial charge in [0.2, 0.25) is 11.2 Å². The van der Waals surface area contributed by atoms with E-state index in [-0.39, 0.29) is 41.8 Å². The van der Waals surface area contributed by atoms with E-state index in [0.29, 0.717) is 40.7 Å². The molecule has 2 atom stereocenters. The summed E-state index contributed by atoms with van der Waals surface area (Å²) >= 11 is 1.52. The molecule has 0 spiro atoms. The summed E-state index contributed by atoms with van der Waals surface area (Å²) in [6.07, 6.45) is 0.999. The van der Waals surface area contributed by atoms with Crippen LogP contribution in [0.3, 0.4) is 0 Å². The van der Waals surface area contributed by atoms with E-state index >= 15 is 0 Å². The maximum Gasteiger partial charge on any atom is 0.347 e. The maximum absolute atomic E-state index is 13.7. The van der Waals surface area contributed by atoms with Crippen LogP contribution in [-0.4, -0.2) is 70.4 Å². The molecule has 4 aromatic carbocycles. The van der Waals surface area contributed by atoms with E-state index < -0.39 is 17.7 Å². The molecule has 6 N–H and O–H groups in total. The Labute approximate surface area is 334 Å². The van der Waals surface area contributed by atoms with Crippen molar-refractivity contribution in [2.24, 2.45) is 5.92 Å². The van der Waals surface area contributed by atoms with Gasteiger partial charge in [0.25, 0.3) is 5.91 Å². The fraction of sp³-hybridized carbons (Fsp3) is 0.267. The predicted molar refractivity (Wildman–Crippen MR) is 221 cm³/mol. The van der Waals surface area contributed by atoms with Crippen molar-refractivity contribution in [3.05, 3.63) is 158 Å². The molecule has 1 amide bonds. The number of hydrogen-bond acceptors (Lipinski definition) is 10. The van der Waals surface area contributed by atoms with Crippen LogP contribution in [0.4, 0.5) is 0 Å². The molecule has 1 aliphatic heterocycles. The molecular formula is C45H46N4O7S. The van der Waals surface area contributed by atoms with Gasteiger partial charge < -0.3 is 40.6 Å². The highest BCUT2D eigenvalue weighted by atomic mass is 32.1. The molecule has 1 saturated heterocycles. The van der Waals surface area contributed by atoms with Gasteiger partial charge in [-0.25, -0.2) is 4.79 Å². The zero-order valence-electron chi connectivity index (χ0n) is 31.6. The number of nitrogens with one attached hydrogen (secondary N) is 3. The van der Waals surface area contributed by atoms with E-state index in [2.05, 4.69) is 27.6 Å². The second-order valence-electron chi connectivity index (χ2n) is 14.6. The minimum atomic E-state index is -1.99. The standard InChI is InChI=1S/C45H46N4O7S/c1-49-22-20-30(21-23-49)28-56-44(54)45(55,33-7-3-2-4-8-33)34-9-5-6-32(24-34)40-18-14-35(57-40)26-47-43(53)31-12-10-29(11-13-31)25-46-27-39(51)36-15-17-38(50)42-37(36)16-19-41(52)48-42/h2-19,24,30,39,46,50-51,55H,20-23,25-28H2,1H3,(H,47,53)(H,48,52)/t39-,45-/m0/s1. The third kappa shape index (κ3) is 9.17. The SMILES string of the molecule is CN1CCC(COC(=O)[C@](O)(c2ccccc2)c2cccc(-c3ccc(CNC(=O)c4ccc(CNC[C@H](O)c5ccc(O)c6[nH]c(=O)ccc56)cc4)s3)c2)CC1. The van der Waals surface area contributed by atoms with Crippen LogP contribution >= 0.6 is 11.3 Å². The van der Waals surface area contributed by atoms with Crippen molar-refractivity contribution in [1.29, 1.82) is 0 Å². The van der Waals surface area contributed by atoms with Crippen molar-refractivity contribution in [3.63, 3.8) is 0 Å². The number of amides is 1. The van der Waals surface area contributed by atoms with Gasteiger partial charge in [0.15, 0.2) is 0 Å². The number of aliphatic hydroxyl groups excluding tert-OH is 1. The number of aliphatic hydroxyl groups is 2. The van der Waals surface area contributed by atoms with Gasteiger partial charge in [0.1, 0.15) is 5.75 Å². The number of likely N-dealkylation sites (tertiary alicyclic amines) is 1. The number of carbonyl (C=O) groups is 2. The zero-order valence-corrected chi connectivity index (χ0v) is 32.4. The van der Waals surface area contributed by atoms with Gasteiger partial charge in [-0.3, -0.25) is 9.59 Å². The van der Waals surface area contributed by atoms with E-state index in [1.54, 1.807) is 54.6 Å². The number of esters is 1. The summed E-state index contributed by atoms with van der Waals surface area (Å²) in [5, 5.41) is 39.9. The number of phenolic OH excluding ortho intramolecular Hbond substituents is 1. The van der Waals surface area contributed by atoms with Gasteiger partial charge in [-0.05, 0) is 104 Å². The van der Waals surface area contributed by atoms with Crippen LogP contribution < -0.4 is 16.2 Å². The molecule has 1 aliphatic rings. The number of benzene rings is 4. The average molecular weight is 787 g/mol. The van der Waals surface area contributed by atoms with Crippen LogP contribution in [0, 0.1) is 5.92 Å². The number of piperidine rings is 1. The Morgan fingerprint density at radius 1 is 0.912 bits per heavy atom. The number of hydrogen-bond donors (Lipinski definition) is 6. The minimum Gasteiger partial charge on any atom is -0.506 e. The molecule has 12 heteroatoms. The smallest absolute Gasteiger partial charge is 0.347 e. The molecular weight excluding hydrogens is 741 g/mol. The Morgan fingerprint density at radius 3 is 2.44 bits per heavy atom. The Balaban J connectivity index is 0.945. The number of aromatic hydroxyl groups is 1. The van der Waals surface area contributed by atoms with Crippen molar-refractivity contribution >= 4 is 34.1 Å². The molecule has 3 heterocycles. The lowest BCUT2D eigenvalue weighted by molar-refractivity contribution is -0.164. The van der Waals surface area contributed by atoms with Crippen LogP contribution in [0.15, 0.2) is 120 Å². The molecule has 0 unspecified atom stereocenters. The first-order valence-electron chi connectivity index (χ1n) is 19.0. The van der Waals surface area contributed by atoms with Crippen molar-refractivity contribution in [3.8, 4) is 16.2 Å². The minimum absolute atomic E-state index is 0.0643. The molecule has 2 aromatic heterocycles.